The highest BCUT2D eigenvalue weighted by atomic mass is 16.5. The fourth-order valence-electron chi connectivity index (χ4n) is 4.66. The lowest BCUT2D eigenvalue weighted by molar-refractivity contribution is 0.159. The topological polar surface area (TPSA) is 107 Å². The molecule has 3 heterocycles. The summed E-state index contributed by atoms with van der Waals surface area (Å²) in [5.41, 5.74) is 2.67. The van der Waals surface area contributed by atoms with Gasteiger partial charge in [0.2, 0.25) is 0 Å². The molecule has 1 aromatic carbocycles. The Hall–Kier alpha value is -3.62. The first-order valence-corrected chi connectivity index (χ1v) is 12.0. The van der Waals surface area contributed by atoms with Crippen molar-refractivity contribution in [1.82, 2.24) is 25.3 Å². The third-order valence-corrected chi connectivity index (χ3v) is 6.57. The van der Waals surface area contributed by atoms with Gasteiger partial charge in [0, 0.05) is 37.0 Å². The van der Waals surface area contributed by atoms with E-state index < -0.39 is 0 Å². The van der Waals surface area contributed by atoms with E-state index in [-0.39, 0.29) is 30.3 Å². The Labute approximate surface area is 198 Å². The fraction of sp³-hybridized carbons (Fsp3) is 0.440. The van der Waals surface area contributed by atoms with Gasteiger partial charge in [-0.05, 0) is 49.8 Å². The first kappa shape index (κ1) is 22.2. The van der Waals surface area contributed by atoms with Gasteiger partial charge in [-0.1, -0.05) is 30.3 Å². The number of urea groups is 1. The Bertz CT molecular complexity index is 1200. The molecule has 178 valence electrons. The molecule has 9 nitrogen and oxygen atoms in total. The first-order chi connectivity index (χ1) is 16.6. The largest absolute Gasteiger partial charge is 0.359 e. The third kappa shape index (κ3) is 4.98. The molecule has 1 saturated carbocycles. The third-order valence-electron chi connectivity index (χ3n) is 6.57. The molecule has 2 N–H and O–H groups in total. The van der Waals surface area contributed by atoms with Crippen molar-refractivity contribution < 1.29 is 9.32 Å². The number of piperidine rings is 1. The Morgan fingerprint density at radius 1 is 1.24 bits per heavy atom. The number of carbonyl (C=O) groups excluding carboxylic acids is 1. The Morgan fingerprint density at radius 2 is 2.12 bits per heavy atom. The summed E-state index contributed by atoms with van der Waals surface area (Å²) >= 11 is 0. The second-order valence-corrected chi connectivity index (χ2v) is 9.03. The number of aryl methyl sites for hydroxylation is 1. The number of nitrogens with zero attached hydrogens (tertiary/aromatic N) is 4. The van der Waals surface area contributed by atoms with E-state index in [0.29, 0.717) is 12.3 Å². The average Bonchev–Trinajstić information content (AvgIpc) is 3.58. The van der Waals surface area contributed by atoms with Crippen LogP contribution < -0.4 is 15.9 Å². The predicted molar refractivity (Wildman–Crippen MR) is 129 cm³/mol. The van der Waals surface area contributed by atoms with E-state index in [0.717, 1.165) is 55.7 Å². The van der Waals surface area contributed by atoms with Gasteiger partial charge in [-0.2, -0.15) is 0 Å². The zero-order valence-corrected chi connectivity index (χ0v) is 19.4. The lowest BCUT2D eigenvalue weighted by Gasteiger charge is -2.40. The van der Waals surface area contributed by atoms with Crippen molar-refractivity contribution in [1.29, 1.82) is 0 Å². The number of anilines is 1. The molecule has 0 radical (unpaired) electrons. The van der Waals surface area contributed by atoms with Gasteiger partial charge in [0.15, 0.2) is 5.76 Å². The van der Waals surface area contributed by atoms with E-state index >= 15 is 0 Å². The maximum absolute atomic E-state index is 13.2. The number of aromatic nitrogens is 3. The van der Waals surface area contributed by atoms with Crippen LogP contribution in [0.3, 0.4) is 0 Å². The summed E-state index contributed by atoms with van der Waals surface area (Å²) in [6.07, 6.45) is 6.42. The van der Waals surface area contributed by atoms with Gasteiger partial charge < -0.3 is 19.6 Å². The number of carbonyl (C=O) groups is 1. The number of benzene rings is 1. The summed E-state index contributed by atoms with van der Waals surface area (Å²) < 4.78 is 5.50. The van der Waals surface area contributed by atoms with Crippen LogP contribution in [0.1, 0.15) is 43.9 Å². The Balaban J connectivity index is 1.23. The summed E-state index contributed by atoms with van der Waals surface area (Å²) in [4.78, 5) is 35.5. The monoisotopic (exact) mass is 462 g/mol. The lowest BCUT2D eigenvalue weighted by Crippen LogP contribution is -2.54. The van der Waals surface area contributed by atoms with E-state index in [1.165, 1.54) is 11.8 Å². The number of H-pyrrole nitrogens is 1. The number of aromatic amines is 1. The standard InChI is InChI=1S/C25H30N6O3/c1-2-17-5-3-6-18(13-17)22-14-21(34-29-22)15-27-25(33)31(19-8-9-19)20-7-4-12-30(16-20)23-10-11-26-24(32)28-23/h3,5-6,10-11,13-14,19-20H,2,4,7-9,12,15-16H2,1H3,(H,27,33)(H,26,28,32)/t20-/m1/s1. The highest BCUT2D eigenvalue weighted by Gasteiger charge is 2.39. The summed E-state index contributed by atoms with van der Waals surface area (Å²) in [7, 11) is 0. The number of hydrogen-bond acceptors (Lipinski definition) is 6. The van der Waals surface area contributed by atoms with E-state index in [1.807, 2.05) is 29.2 Å². The van der Waals surface area contributed by atoms with Gasteiger partial charge >= 0.3 is 11.7 Å². The van der Waals surface area contributed by atoms with Crippen molar-refractivity contribution in [2.45, 2.75) is 57.7 Å². The predicted octanol–water partition coefficient (Wildman–Crippen LogP) is 3.33. The summed E-state index contributed by atoms with van der Waals surface area (Å²) in [6.45, 7) is 3.94. The van der Waals surface area contributed by atoms with Crippen LogP contribution in [0.5, 0.6) is 0 Å². The molecule has 2 aromatic heterocycles. The molecule has 2 amide bonds. The van der Waals surface area contributed by atoms with Crippen molar-refractivity contribution in [3.8, 4) is 11.3 Å². The van der Waals surface area contributed by atoms with Gasteiger partial charge in [-0.15, -0.1) is 0 Å². The summed E-state index contributed by atoms with van der Waals surface area (Å²) in [6, 6.07) is 12.2. The molecule has 2 aliphatic rings. The summed E-state index contributed by atoms with van der Waals surface area (Å²) in [5, 5.41) is 7.23. The zero-order chi connectivity index (χ0) is 23.5. The van der Waals surface area contributed by atoms with Crippen molar-refractivity contribution in [2.75, 3.05) is 18.0 Å². The molecule has 34 heavy (non-hydrogen) atoms. The molecule has 1 aliphatic heterocycles. The van der Waals surface area contributed by atoms with E-state index in [2.05, 4.69) is 44.4 Å². The molecule has 1 saturated heterocycles. The van der Waals surface area contributed by atoms with Crippen LogP contribution in [0.4, 0.5) is 10.6 Å². The highest BCUT2D eigenvalue weighted by molar-refractivity contribution is 5.75. The average molecular weight is 463 g/mol. The molecule has 1 atom stereocenters. The quantitative estimate of drug-likeness (QED) is 0.558. The molecule has 5 rings (SSSR count). The minimum Gasteiger partial charge on any atom is -0.359 e. The maximum Gasteiger partial charge on any atom is 0.346 e. The lowest BCUT2D eigenvalue weighted by atomic mass is 10.0. The van der Waals surface area contributed by atoms with Crippen LogP contribution in [0.15, 0.2) is 51.9 Å². The van der Waals surface area contributed by atoms with Gasteiger partial charge in [0.25, 0.3) is 0 Å². The molecule has 2 fully saturated rings. The fourth-order valence-corrected chi connectivity index (χ4v) is 4.66. The molecule has 0 unspecified atom stereocenters. The van der Waals surface area contributed by atoms with Crippen molar-refractivity contribution in [3.05, 3.63) is 64.4 Å². The molecular weight excluding hydrogens is 432 g/mol. The van der Waals surface area contributed by atoms with Gasteiger partial charge in [-0.25, -0.2) is 14.6 Å². The SMILES string of the molecule is CCc1cccc(-c2cc(CNC(=O)N(C3CC3)[C@@H]3CCCN(c4ccnc(=O)[nH]4)C3)on2)c1. The molecule has 9 heteroatoms. The molecule has 0 bridgehead atoms. The maximum atomic E-state index is 13.2. The molecule has 3 aromatic rings. The van der Waals surface area contributed by atoms with E-state index in [4.69, 9.17) is 4.52 Å². The molecular formula is C25H30N6O3. The number of rotatable bonds is 7. The number of nitrogens with one attached hydrogen (secondary N) is 2. The normalized spacial score (nSPS) is 18.0. The van der Waals surface area contributed by atoms with Crippen LogP contribution >= 0.6 is 0 Å². The molecule has 0 spiro atoms. The zero-order valence-electron chi connectivity index (χ0n) is 19.4. The van der Waals surface area contributed by atoms with Gasteiger partial charge in [0.1, 0.15) is 11.5 Å². The van der Waals surface area contributed by atoms with Crippen molar-refractivity contribution in [3.63, 3.8) is 0 Å². The summed E-state index contributed by atoms with van der Waals surface area (Å²) in [5.74, 6) is 1.38. The molecule has 1 aliphatic carbocycles. The number of hydrogen-bond donors (Lipinski definition) is 2. The Morgan fingerprint density at radius 3 is 2.91 bits per heavy atom. The van der Waals surface area contributed by atoms with Crippen LogP contribution in [0.2, 0.25) is 0 Å². The van der Waals surface area contributed by atoms with Gasteiger partial charge in [0.05, 0.1) is 12.6 Å². The second-order valence-electron chi connectivity index (χ2n) is 9.03. The van der Waals surface area contributed by atoms with Crippen LogP contribution in [-0.2, 0) is 13.0 Å². The minimum atomic E-state index is -0.357. The smallest absolute Gasteiger partial charge is 0.346 e. The van der Waals surface area contributed by atoms with Crippen molar-refractivity contribution >= 4 is 11.8 Å². The van der Waals surface area contributed by atoms with Crippen LogP contribution in [0.25, 0.3) is 11.3 Å². The first-order valence-electron chi connectivity index (χ1n) is 12.0. The van der Waals surface area contributed by atoms with Crippen molar-refractivity contribution in [2.24, 2.45) is 0 Å². The van der Waals surface area contributed by atoms with Crippen LogP contribution in [-0.4, -0.2) is 51.2 Å². The number of amides is 2. The minimum absolute atomic E-state index is 0.0801. The van der Waals surface area contributed by atoms with Crippen LogP contribution in [0, 0.1) is 0 Å². The van der Waals surface area contributed by atoms with E-state index in [1.54, 1.807) is 0 Å². The highest BCUT2D eigenvalue weighted by Crippen LogP contribution is 2.32. The van der Waals surface area contributed by atoms with E-state index in [9.17, 15) is 9.59 Å². The Kier molecular flexibility index (Phi) is 6.33. The second kappa shape index (κ2) is 9.70. The van der Waals surface area contributed by atoms with Gasteiger partial charge in [-0.3, -0.25) is 4.98 Å².